The number of hydrogen-bond donors (Lipinski definition) is 3. The Kier molecular flexibility index (Phi) is 7.98. The second-order valence-electron chi connectivity index (χ2n) is 5.75. The van der Waals surface area contributed by atoms with Gasteiger partial charge in [0.15, 0.2) is 0 Å². The zero-order valence-electron chi connectivity index (χ0n) is 12.5. The van der Waals surface area contributed by atoms with E-state index in [4.69, 9.17) is 4.74 Å². The minimum atomic E-state index is -3.13. The molecule has 1 rings (SSSR count). The topological polar surface area (TPSA) is 87.7 Å². The van der Waals surface area contributed by atoms with Gasteiger partial charge in [-0.05, 0) is 18.8 Å². The largest absolute Gasteiger partial charge is 0.389 e. The van der Waals surface area contributed by atoms with E-state index in [1.54, 1.807) is 0 Å². The average Bonchev–Trinajstić information content (AvgIpc) is 2.35. The third kappa shape index (κ3) is 8.86. The van der Waals surface area contributed by atoms with Crippen LogP contribution in [0.25, 0.3) is 0 Å². The van der Waals surface area contributed by atoms with Gasteiger partial charge in [-0.25, -0.2) is 13.1 Å². The van der Waals surface area contributed by atoms with Crippen LogP contribution in [0.5, 0.6) is 0 Å². The molecule has 7 heteroatoms. The molecule has 1 saturated carbocycles. The first kappa shape index (κ1) is 17.8. The maximum atomic E-state index is 10.8. The van der Waals surface area contributed by atoms with Gasteiger partial charge in [-0.15, -0.1) is 0 Å². The molecule has 0 bridgehead atoms. The summed E-state index contributed by atoms with van der Waals surface area (Å²) in [6, 6.07) is 0. The summed E-state index contributed by atoms with van der Waals surface area (Å²) in [5.74, 6) is 0.714. The molecule has 0 aromatic rings. The van der Waals surface area contributed by atoms with Crippen LogP contribution in [0.2, 0.25) is 0 Å². The first-order chi connectivity index (χ1) is 9.37. The number of aliphatic hydroxyl groups excluding tert-OH is 1. The predicted molar refractivity (Wildman–Crippen MR) is 79.1 cm³/mol. The lowest BCUT2D eigenvalue weighted by atomic mass is 9.89. The zero-order chi connectivity index (χ0) is 15.0. The molecule has 0 heterocycles. The minimum absolute atomic E-state index is 0.278. The molecule has 120 valence electrons. The van der Waals surface area contributed by atoms with Gasteiger partial charge < -0.3 is 15.2 Å². The van der Waals surface area contributed by atoms with Gasteiger partial charge >= 0.3 is 0 Å². The molecule has 3 N–H and O–H groups in total. The van der Waals surface area contributed by atoms with Gasteiger partial charge in [0.2, 0.25) is 10.0 Å². The van der Waals surface area contributed by atoms with Gasteiger partial charge in [-0.1, -0.05) is 19.8 Å². The summed E-state index contributed by atoms with van der Waals surface area (Å²) in [5.41, 5.74) is 0. The molecule has 0 spiro atoms. The molecule has 0 aromatic carbocycles. The van der Waals surface area contributed by atoms with Crippen molar-refractivity contribution < 1.29 is 18.3 Å². The molecule has 1 aliphatic carbocycles. The van der Waals surface area contributed by atoms with E-state index < -0.39 is 16.1 Å². The average molecular weight is 308 g/mol. The highest BCUT2D eigenvalue weighted by molar-refractivity contribution is 7.88. The van der Waals surface area contributed by atoms with Crippen molar-refractivity contribution >= 4 is 10.0 Å². The van der Waals surface area contributed by atoms with Crippen molar-refractivity contribution in [1.82, 2.24) is 10.0 Å². The van der Waals surface area contributed by atoms with Gasteiger partial charge in [0.25, 0.3) is 0 Å². The Bertz CT molecular complexity index is 361. The molecular formula is C13H28N2O4S. The summed E-state index contributed by atoms with van der Waals surface area (Å²) < 4.78 is 29.8. The summed E-state index contributed by atoms with van der Waals surface area (Å²) in [5, 5.41) is 12.8. The van der Waals surface area contributed by atoms with Crippen LogP contribution < -0.4 is 10.0 Å². The van der Waals surface area contributed by atoms with E-state index in [0.717, 1.165) is 19.1 Å². The van der Waals surface area contributed by atoms with E-state index in [0.29, 0.717) is 32.2 Å². The van der Waals surface area contributed by atoms with Crippen LogP contribution in [0.1, 0.15) is 32.6 Å². The van der Waals surface area contributed by atoms with E-state index in [2.05, 4.69) is 17.0 Å². The van der Waals surface area contributed by atoms with Gasteiger partial charge in [0.05, 0.1) is 25.1 Å². The standard InChI is InChI=1S/C13H28N2O4S/c1-11-4-3-5-13(8-11)19-10-12(16)9-14-6-7-15-20(2,17)18/h11-16H,3-10H2,1-2H3. The van der Waals surface area contributed by atoms with Crippen molar-refractivity contribution in [1.29, 1.82) is 0 Å². The van der Waals surface area contributed by atoms with Crippen LogP contribution >= 0.6 is 0 Å². The predicted octanol–water partition coefficient (Wildman–Crippen LogP) is 0.0814. The van der Waals surface area contributed by atoms with E-state index in [-0.39, 0.29) is 6.10 Å². The van der Waals surface area contributed by atoms with Crippen molar-refractivity contribution in [3.8, 4) is 0 Å². The zero-order valence-corrected chi connectivity index (χ0v) is 13.3. The van der Waals surface area contributed by atoms with Crippen molar-refractivity contribution in [3.05, 3.63) is 0 Å². The van der Waals surface area contributed by atoms with E-state index in [1.165, 1.54) is 12.8 Å². The van der Waals surface area contributed by atoms with Crippen LogP contribution in [0.15, 0.2) is 0 Å². The van der Waals surface area contributed by atoms with Crippen LogP contribution in [-0.4, -0.2) is 58.2 Å². The van der Waals surface area contributed by atoms with Gasteiger partial charge in [-0.2, -0.15) is 0 Å². The van der Waals surface area contributed by atoms with Crippen LogP contribution in [0.4, 0.5) is 0 Å². The molecule has 3 unspecified atom stereocenters. The lowest BCUT2D eigenvalue weighted by Crippen LogP contribution is -2.37. The summed E-state index contributed by atoms with van der Waals surface area (Å²) >= 11 is 0. The fourth-order valence-electron chi connectivity index (χ4n) is 2.43. The van der Waals surface area contributed by atoms with E-state index >= 15 is 0 Å². The van der Waals surface area contributed by atoms with Gasteiger partial charge in [0.1, 0.15) is 0 Å². The van der Waals surface area contributed by atoms with Crippen molar-refractivity contribution in [2.24, 2.45) is 5.92 Å². The number of sulfonamides is 1. The monoisotopic (exact) mass is 308 g/mol. The summed E-state index contributed by atoms with van der Waals surface area (Å²) in [6.07, 6.45) is 5.50. The van der Waals surface area contributed by atoms with Crippen LogP contribution in [0.3, 0.4) is 0 Å². The van der Waals surface area contributed by atoms with Crippen LogP contribution in [0, 0.1) is 5.92 Å². The number of nitrogens with one attached hydrogen (secondary N) is 2. The Morgan fingerprint density at radius 2 is 2.10 bits per heavy atom. The van der Waals surface area contributed by atoms with Crippen molar-refractivity contribution in [2.75, 3.05) is 32.5 Å². The normalized spacial score (nSPS) is 25.6. The second kappa shape index (κ2) is 8.94. The fourth-order valence-corrected chi connectivity index (χ4v) is 2.90. The quantitative estimate of drug-likeness (QED) is 0.525. The highest BCUT2D eigenvalue weighted by Gasteiger charge is 2.20. The maximum Gasteiger partial charge on any atom is 0.208 e. The molecule has 0 aromatic heterocycles. The minimum Gasteiger partial charge on any atom is -0.389 e. The second-order valence-corrected chi connectivity index (χ2v) is 7.58. The number of ether oxygens (including phenoxy) is 1. The van der Waals surface area contributed by atoms with Gasteiger partial charge in [-0.3, -0.25) is 0 Å². The molecular weight excluding hydrogens is 280 g/mol. The Morgan fingerprint density at radius 3 is 2.75 bits per heavy atom. The molecule has 0 radical (unpaired) electrons. The summed E-state index contributed by atoms with van der Waals surface area (Å²) in [4.78, 5) is 0. The van der Waals surface area contributed by atoms with Crippen molar-refractivity contribution in [3.63, 3.8) is 0 Å². The molecule has 20 heavy (non-hydrogen) atoms. The molecule has 3 atom stereocenters. The first-order valence-electron chi connectivity index (χ1n) is 7.32. The summed E-state index contributed by atoms with van der Waals surface area (Å²) in [6.45, 7) is 3.80. The Morgan fingerprint density at radius 1 is 1.35 bits per heavy atom. The molecule has 1 aliphatic rings. The van der Waals surface area contributed by atoms with Crippen LogP contribution in [-0.2, 0) is 14.8 Å². The molecule has 0 amide bonds. The third-order valence-corrected chi connectivity index (χ3v) is 4.19. The third-order valence-electron chi connectivity index (χ3n) is 3.46. The molecule has 6 nitrogen and oxygen atoms in total. The molecule has 1 fully saturated rings. The van der Waals surface area contributed by atoms with Gasteiger partial charge in [0, 0.05) is 19.6 Å². The fraction of sp³-hybridized carbons (Fsp3) is 1.00. The summed E-state index contributed by atoms with van der Waals surface area (Å²) in [7, 11) is -3.13. The molecule has 0 aliphatic heterocycles. The van der Waals surface area contributed by atoms with E-state index in [9.17, 15) is 13.5 Å². The lowest BCUT2D eigenvalue weighted by molar-refractivity contribution is -0.0305. The first-order valence-corrected chi connectivity index (χ1v) is 9.21. The SMILES string of the molecule is CC1CCCC(OCC(O)CNCCNS(C)(=O)=O)C1. The maximum absolute atomic E-state index is 10.8. The van der Waals surface area contributed by atoms with Crippen molar-refractivity contribution in [2.45, 2.75) is 44.8 Å². The highest BCUT2D eigenvalue weighted by atomic mass is 32.2. The van der Waals surface area contributed by atoms with E-state index in [1.807, 2.05) is 0 Å². The number of hydrogen-bond acceptors (Lipinski definition) is 5. The Balaban J connectivity index is 2.01. The number of aliphatic hydroxyl groups is 1. The lowest BCUT2D eigenvalue weighted by Gasteiger charge is -2.27. The highest BCUT2D eigenvalue weighted by Crippen LogP contribution is 2.25. The molecule has 0 saturated heterocycles. The number of rotatable bonds is 9. The smallest absolute Gasteiger partial charge is 0.208 e. The Hall–Kier alpha value is -0.210. The Labute approximate surface area is 122 Å².